The molecule has 0 aromatic rings. The molecule has 1 saturated carbocycles. The van der Waals surface area contributed by atoms with Gasteiger partial charge < -0.3 is 9.47 Å². The first-order valence-corrected chi connectivity index (χ1v) is 7.30. The molecule has 0 spiro atoms. The fraction of sp³-hybridized carbons (Fsp3) is 0.933. The zero-order valence-corrected chi connectivity index (χ0v) is 12.6. The molecular formula is C15H27NO3. The van der Waals surface area contributed by atoms with Crippen molar-refractivity contribution in [2.45, 2.75) is 45.3 Å². The van der Waals surface area contributed by atoms with Crippen molar-refractivity contribution in [2.75, 3.05) is 33.9 Å². The number of methoxy groups -OCH3 is 2. The Morgan fingerprint density at radius 3 is 2.32 bits per heavy atom. The van der Waals surface area contributed by atoms with Gasteiger partial charge in [-0.1, -0.05) is 20.3 Å². The lowest BCUT2D eigenvalue weighted by Gasteiger charge is -2.35. The van der Waals surface area contributed by atoms with Crippen LogP contribution in [0.25, 0.3) is 0 Å². The molecule has 1 heterocycles. The molecule has 1 aliphatic heterocycles. The third-order valence-electron chi connectivity index (χ3n) is 4.77. The van der Waals surface area contributed by atoms with Crippen molar-refractivity contribution < 1.29 is 14.3 Å². The second-order valence-electron chi connectivity index (χ2n) is 6.60. The van der Waals surface area contributed by atoms with Crippen LogP contribution < -0.4 is 0 Å². The Morgan fingerprint density at radius 2 is 1.79 bits per heavy atom. The maximum atomic E-state index is 12.4. The summed E-state index contributed by atoms with van der Waals surface area (Å²) in [4.78, 5) is 14.8. The second kappa shape index (κ2) is 5.90. The predicted molar refractivity (Wildman–Crippen MR) is 74.2 cm³/mol. The number of hydrogen-bond donors (Lipinski definition) is 0. The van der Waals surface area contributed by atoms with Crippen molar-refractivity contribution in [3.8, 4) is 0 Å². The number of rotatable bonds is 4. The number of ketones is 1. The summed E-state index contributed by atoms with van der Waals surface area (Å²) < 4.78 is 10.9. The van der Waals surface area contributed by atoms with Crippen LogP contribution in [0.3, 0.4) is 0 Å². The van der Waals surface area contributed by atoms with E-state index < -0.39 is 0 Å². The van der Waals surface area contributed by atoms with Gasteiger partial charge >= 0.3 is 0 Å². The Hall–Kier alpha value is -0.450. The van der Waals surface area contributed by atoms with Gasteiger partial charge in [0.2, 0.25) is 0 Å². The first kappa shape index (κ1) is 14.9. The van der Waals surface area contributed by atoms with Gasteiger partial charge in [0.25, 0.3) is 0 Å². The zero-order chi connectivity index (χ0) is 14.0. The summed E-state index contributed by atoms with van der Waals surface area (Å²) in [7, 11) is 3.46. The number of nitrogens with zero attached hydrogens (tertiary/aromatic N) is 1. The number of Topliss-reactive ketones (excluding diaryl/α,β-unsaturated/α-hetero) is 1. The van der Waals surface area contributed by atoms with Crippen LogP contribution in [0.15, 0.2) is 0 Å². The number of likely N-dealkylation sites (tertiary alicyclic amines) is 1. The van der Waals surface area contributed by atoms with Gasteiger partial charge in [0, 0.05) is 45.2 Å². The van der Waals surface area contributed by atoms with Crippen LogP contribution >= 0.6 is 0 Å². The Bertz CT molecular complexity index is 317. The SMILES string of the molecule is COC1CN(CC2CCCC(C)(C)C2=O)CC1OC. The molecule has 19 heavy (non-hydrogen) atoms. The van der Waals surface area contributed by atoms with Crippen LogP contribution in [-0.2, 0) is 14.3 Å². The van der Waals surface area contributed by atoms with Gasteiger partial charge in [-0.15, -0.1) is 0 Å². The maximum absolute atomic E-state index is 12.4. The standard InChI is InChI=1S/C15H27NO3/c1-15(2)7-5-6-11(14(15)17)8-16-9-12(18-3)13(10-16)19-4/h11-13H,5-10H2,1-4H3. The fourth-order valence-corrected chi connectivity index (χ4v) is 3.50. The van der Waals surface area contributed by atoms with E-state index in [9.17, 15) is 4.79 Å². The molecule has 4 heteroatoms. The molecule has 2 aliphatic rings. The van der Waals surface area contributed by atoms with Crippen LogP contribution in [0.2, 0.25) is 0 Å². The van der Waals surface area contributed by atoms with E-state index in [4.69, 9.17) is 9.47 Å². The van der Waals surface area contributed by atoms with Gasteiger partial charge in [-0.3, -0.25) is 9.69 Å². The van der Waals surface area contributed by atoms with E-state index in [-0.39, 0.29) is 23.5 Å². The van der Waals surface area contributed by atoms with Crippen molar-refractivity contribution in [1.82, 2.24) is 4.90 Å². The Balaban J connectivity index is 1.93. The summed E-state index contributed by atoms with van der Waals surface area (Å²) >= 11 is 0. The molecule has 0 aromatic carbocycles. The molecule has 0 radical (unpaired) electrons. The van der Waals surface area contributed by atoms with Gasteiger partial charge in [-0.05, 0) is 12.8 Å². The van der Waals surface area contributed by atoms with Gasteiger partial charge in [0.05, 0.1) is 12.2 Å². The normalized spacial score (nSPS) is 35.8. The van der Waals surface area contributed by atoms with Crippen molar-refractivity contribution >= 4 is 5.78 Å². The highest BCUT2D eigenvalue weighted by atomic mass is 16.5. The minimum absolute atomic E-state index is 0.135. The number of carbonyl (C=O) groups is 1. The predicted octanol–water partition coefficient (Wildman–Crippen LogP) is 1.73. The monoisotopic (exact) mass is 269 g/mol. The van der Waals surface area contributed by atoms with E-state index in [2.05, 4.69) is 18.7 Å². The molecule has 0 aromatic heterocycles. The second-order valence-corrected chi connectivity index (χ2v) is 6.60. The summed E-state index contributed by atoms with van der Waals surface area (Å²) in [6.45, 7) is 6.78. The first-order chi connectivity index (χ1) is 8.97. The van der Waals surface area contributed by atoms with E-state index in [1.807, 2.05) is 0 Å². The third kappa shape index (κ3) is 3.18. The molecule has 4 nitrogen and oxygen atoms in total. The molecule has 3 atom stereocenters. The number of ether oxygens (including phenoxy) is 2. The highest BCUT2D eigenvalue weighted by Gasteiger charge is 2.40. The minimum atomic E-state index is -0.135. The average Bonchev–Trinajstić information content (AvgIpc) is 2.77. The van der Waals surface area contributed by atoms with Crippen LogP contribution in [0.5, 0.6) is 0 Å². The minimum Gasteiger partial charge on any atom is -0.377 e. The molecule has 2 fully saturated rings. The first-order valence-electron chi connectivity index (χ1n) is 7.30. The average molecular weight is 269 g/mol. The van der Waals surface area contributed by atoms with Crippen LogP contribution in [0.4, 0.5) is 0 Å². The summed E-state index contributed by atoms with van der Waals surface area (Å²) in [5, 5.41) is 0. The van der Waals surface area contributed by atoms with Crippen molar-refractivity contribution in [3.05, 3.63) is 0 Å². The molecular weight excluding hydrogens is 242 g/mol. The summed E-state index contributed by atoms with van der Waals surface area (Å²) in [5.41, 5.74) is -0.135. The van der Waals surface area contributed by atoms with Crippen molar-refractivity contribution in [1.29, 1.82) is 0 Å². The topological polar surface area (TPSA) is 38.8 Å². The molecule has 110 valence electrons. The third-order valence-corrected chi connectivity index (χ3v) is 4.77. The van der Waals surface area contributed by atoms with Crippen molar-refractivity contribution in [2.24, 2.45) is 11.3 Å². The maximum Gasteiger partial charge on any atom is 0.142 e. The Kier molecular flexibility index (Phi) is 4.64. The van der Waals surface area contributed by atoms with Gasteiger partial charge in [-0.2, -0.15) is 0 Å². The summed E-state index contributed by atoms with van der Waals surface area (Å²) in [5.74, 6) is 0.630. The molecule has 2 rings (SSSR count). The molecule has 1 aliphatic carbocycles. The van der Waals surface area contributed by atoms with E-state index in [1.54, 1.807) is 14.2 Å². The van der Waals surface area contributed by atoms with E-state index >= 15 is 0 Å². The Labute approximate surface area is 116 Å². The fourth-order valence-electron chi connectivity index (χ4n) is 3.50. The number of carbonyl (C=O) groups excluding carboxylic acids is 1. The lowest BCUT2D eigenvalue weighted by molar-refractivity contribution is -0.134. The number of hydrogen-bond acceptors (Lipinski definition) is 4. The smallest absolute Gasteiger partial charge is 0.142 e. The van der Waals surface area contributed by atoms with Gasteiger partial charge in [-0.25, -0.2) is 0 Å². The lowest BCUT2D eigenvalue weighted by Crippen LogP contribution is -2.41. The highest BCUT2D eigenvalue weighted by Crippen LogP contribution is 2.36. The summed E-state index contributed by atoms with van der Waals surface area (Å²) in [6.07, 6.45) is 3.50. The Morgan fingerprint density at radius 1 is 1.21 bits per heavy atom. The molecule has 0 bridgehead atoms. The molecule has 3 unspecified atom stereocenters. The molecule has 0 N–H and O–H groups in total. The van der Waals surface area contributed by atoms with Gasteiger partial charge in [0.1, 0.15) is 5.78 Å². The highest BCUT2D eigenvalue weighted by molar-refractivity contribution is 5.87. The van der Waals surface area contributed by atoms with Gasteiger partial charge in [0.15, 0.2) is 0 Å². The van der Waals surface area contributed by atoms with Crippen molar-refractivity contribution in [3.63, 3.8) is 0 Å². The van der Waals surface area contributed by atoms with Crippen LogP contribution in [0, 0.1) is 11.3 Å². The zero-order valence-electron chi connectivity index (χ0n) is 12.6. The summed E-state index contributed by atoms with van der Waals surface area (Å²) in [6, 6.07) is 0. The van der Waals surface area contributed by atoms with Crippen LogP contribution in [-0.4, -0.2) is 56.7 Å². The lowest BCUT2D eigenvalue weighted by atomic mass is 9.71. The van der Waals surface area contributed by atoms with Crippen LogP contribution in [0.1, 0.15) is 33.1 Å². The van der Waals surface area contributed by atoms with E-state index in [0.29, 0.717) is 5.78 Å². The quantitative estimate of drug-likeness (QED) is 0.779. The largest absolute Gasteiger partial charge is 0.377 e. The molecule has 0 amide bonds. The molecule has 1 saturated heterocycles. The van der Waals surface area contributed by atoms with E-state index in [1.165, 1.54) is 6.42 Å². The van der Waals surface area contributed by atoms with E-state index in [0.717, 1.165) is 32.5 Å².